The Morgan fingerprint density at radius 2 is 2.25 bits per heavy atom. The molecule has 84 valence electrons. The molecule has 2 aromatic rings. The Balaban J connectivity index is 2.34. The molecule has 0 aliphatic rings. The normalized spacial score (nSPS) is 10.4. The molecule has 0 aliphatic heterocycles. The van der Waals surface area contributed by atoms with Crippen molar-refractivity contribution < 1.29 is 0 Å². The first kappa shape index (κ1) is 11.5. The highest BCUT2D eigenvalue weighted by atomic mass is 127. The Morgan fingerprint density at radius 1 is 1.50 bits per heavy atom. The summed E-state index contributed by atoms with van der Waals surface area (Å²) >= 11 is 3.50. The Bertz CT molecular complexity index is 558. The number of nitrogens with zero attached hydrogens (tertiary/aromatic N) is 2. The van der Waals surface area contributed by atoms with Crippen molar-refractivity contribution in [3.63, 3.8) is 0 Å². The zero-order valence-corrected chi connectivity index (χ0v) is 11.6. The van der Waals surface area contributed by atoms with Crippen LogP contribution in [0.5, 0.6) is 0 Å². The summed E-state index contributed by atoms with van der Waals surface area (Å²) in [5.74, 6) is 0.540. The van der Waals surface area contributed by atoms with Gasteiger partial charge in [-0.05, 0) is 36.4 Å². The smallest absolute Gasteiger partial charge is 0.266 e. The average molecular weight is 348 g/mol. The van der Waals surface area contributed by atoms with Gasteiger partial charge >= 0.3 is 0 Å². The summed E-state index contributed by atoms with van der Waals surface area (Å²) in [5.41, 5.74) is 0.843. The Kier molecular flexibility index (Phi) is 3.24. The summed E-state index contributed by atoms with van der Waals surface area (Å²) in [4.78, 5) is 23.4. The summed E-state index contributed by atoms with van der Waals surface area (Å²) in [6, 6.07) is 0. The number of nitrogens with one attached hydrogen (secondary N) is 2. The Labute approximate surface area is 109 Å². The molecule has 0 unspecified atom stereocenters. The molecule has 0 amide bonds. The van der Waals surface area contributed by atoms with Crippen molar-refractivity contribution in [3.8, 4) is 0 Å². The van der Waals surface area contributed by atoms with Crippen molar-refractivity contribution in [2.75, 3.05) is 5.32 Å². The van der Waals surface area contributed by atoms with Crippen molar-refractivity contribution in [2.24, 2.45) is 0 Å². The van der Waals surface area contributed by atoms with E-state index in [1.807, 2.05) is 36.4 Å². The van der Waals surface area contributed by atoms with Crippen LogP contribution in [-0.4, -0.2) is 15.0 Å². The molecule has 0 fully saturated rings. The minimum absolute atomic E-state index is 0.150. The highest BCUT2D eigenvalue weighted by Gasteiger charge is 2.08. The van der Waals surface area contributed by atoms with E-state index in [1.165, 1.54) is 6.33 Å². The standard InChI is InChI=1S/C9H9IN4OS/c1-4-5(2)16-9(13-4)14-7-6(10)8(15)12-3-11-7/h3H,1-2H3,(H2,11,12,13,14,15). The van der Waals surface area contributed by atoms with Crippen LogP contribution < -0.4 is 10.9 Å². The van der Waals surface area contributed by atoms with Crippen molar-refractivity contribution >= 4 is 44.9 Å². The average Bonchev–Trinajstić information content (AvgIpc) is 2.54. The van der Waals surface area contributed by atoms with Crippen LogP contribution in [0, 0.1) is 17.4 Å². The van der Waals surface area contributed by atoms with Crippen molar-refractivity contribution in [1.82, 2.24) is 15.0 Å². The third kappa shape index (κ3) is 2.24. The number of halogens is 1. The van der Waals surface area contributed by atoms with Gasteiger partial charge in [0, 0.05) is 4.88 Å². The summed E-state index contributed by atoms with van der Waals surface area (Å²) in [5, 5.41) is 3.80. The summed E-state index contributed by atoms with van der Waals surface area (Å²) in [6.07, 6.45) is 1.38. The molecule has 16 heavy (non-hydrogen) atoms. The molecule has 0 saturated heterocycles. The van der Waals surface area contributed by atoms with Crippen LogP contribution in [0.3, 0.4) is 0 Å². The number of rotatable bonds is 2. The molecular weight excluding hydrogens is 339 g/mol. The minimum atomic E-state index is -0.150. The molecule has 0 spiro atoms. The molecule has 7 heteroatoms. The molecule has 0 bridgehead atoms. The highest BCUT2D eigenvalue weighted by Crippen LogP contribution is 2.24. The first-order valence-corrected chi connectivity index (χ1v) is 6.41. The molecule has 0 aromatic carbocycles. The lowest BCUT2D eigenvalue weighted by Gasteiger charge is -2.01. The third-order valence-corrected chi connectivity index (χ3v) is 4.04. The number of aromatic nitrogens is 3. The second-order valence-electron chi connectivity index (χ2n) is 3.18. The molecule has 2 heterocycles. The summed E-state index contributed by atoms with van der Waals surface area (Å²) in [6.45, 7) is 3.96. The van der Waals surface area contributed by atoms with Crippen LogP contribution in [0.15, 0.2) is 11.1 Å². The van der Waals surface area contributed by atoms with Gasteiger partial charge in [0.15, 0.2) is 10.9 Å². The lowest BCUT2D eigenvalue weighted by molar-refractivity contribution is 1.10. The van der Waals surface area contributed by atoms with E-state index >= 15 is 0 Å². The van der Waals surface area contributed by atoms with E-state index < -0.39 is 0 Å². The quantitative estimate of drug-likeness (QED) is 0.817. The molecule has 2 aromatic heterocycles. The van der Waals surface area contributed by atoms with Crippen LogP contribution in [0.25, 0.3) is 0 Å². The van der Waals surface area contributed by atoms with Gasteiger partial charge < -0.3 is 10.3 Å². The van der Waals surface area contributed by atoms with Crippen LogP contribution >= 0.6 is 33.9 Å². The van der Waals surface area contributed by atoms with Crippen molar-refractivity contribution in [3.05, 3.63) is 30.8 Å². The number of anilines is 2. The van der Waals surface area contributed by atoms with Crippen LogP contribution in [0.4, 0.5) is 10.9 Å². The number of H-pyrrole nitrogens is 1. The number of hydrogen-bond acceptors (Lipinski definition) is 5. The second kappa shape index (κ2) is 4.50. The van der Waals surface area contributed by atoms with Gasteiger partial charge in [0.1, 0.15) is 3.57 Å². The van der Waals surface area contributed by atoms with E-state index in [9.17, 15) is 4.79 Å². The van der Waals surface area contributed by atoms with Gasteiger partial charge in [0.2, 0.25) is 0 Å². The second-order valence-corrected chi connectivity index (χ2v) is 5.46. The SMILES string of the molecule is Cc1nc(Nc2nc[nH]c(=O)c2I)sc1C. The molecule has 5 nitrogen and oxygen atoms in total. The number of hydrogen-bond donors (Lipinski definition) is 2. The van der Waals surface area contributed by atoms with E-state index in [-0.39, 0.29) is 5.56 Å². The lowest BCUT2D eigenvalue weighted by atomic mass is 10.4. The Hall–Kier alpha value is -0.960. The van der Waals surface area contributed by atoms with E-state index in [1.54, 1.807) is 11.3 Å². The molecule has 0 saturated carbocycles. The topological polar surface area (TPSA) is 70.7 Å². The van der Waals surface area contributed by atoms with Gasteiger partial charge in [-0.15, -0.1) is 11.3 Å². The molecule has 2 N–H and O–H groups in total. The van der Waals surface area contributed by atoms with Gasteiger partial charge in [0.25, 0.3) is 5.56 Å². The Morgan fingerprint density at radius 3 is 2.88 bits per heavy atom. The van der Waals surface area contributed by atoms with E-state index in [2.05, 4.69) is 20.3 Å². The van der Waals surface area contributed by atoms with Gasteiger partial charge in [0.05, 0.1) is 12.0 Å². The number of aromatic amines is 1. The molecule has 2 rings (SSSR count). The van der Waals surface area contributed by atoms with E-state index in [4.69, 9.17) is 0 Å². The first-order valence-electron chi connectivity index (χ1n) is 4.52. The first-order chi connectivity index (χ1) is 7.58. The predicted octanol–water partition coefficient (Wildman–Crippen LogP) is 2.19. The zero-order valence-electron chi connectivity index (χ0n) is 8.67. The van der Waals surface area contributed by atoms with Gasteiger partial charge in [-0.1, -0.05) is 0 Å². The van der Waals surface area contributed by atoms with E-state index in [0.717, 1.165) is 15.7 Å². The molecule has 0 atom stereocenters. The van der Waals surface area contributed by atoms with Crippen LogP contribution in [-0.2, 0) is 0 Å². The van der Waals surface area contributed by atoms with Crippen LogP contribution in [0.2, 0.25) is 0 Å². The van der Waals surface area contributed by atoms with Gasteiger partial charge in [-0.2, -0.15) is 0 Å². The summed E-state index contributed by atoms with van der Waals surface area (Å²) in [7, 11) is 0. The molecule has 0 radical (unpaired) electrons. The fourth-order valence-electron chi connectivity index (χ4n) is 1.10. The highest BCUT2D eigenvalue weighted by molar-refractivity contribution is 14.1. The van der Waals surface area contributed by atoms with Gasteiger partial charge in [-0.25, -0.2) is 9.97 Å². The fraction of sp³-hybridized carbons (Fsp3) is 0.222. The monoisotopic (exact) mass is 348 g/mol. The third-order valence-electron chi connectivity index (χ3n) is 2.05. The minimum Gasteiger partial charge on any atom is -0.315 e. The number of thiazole rings is 1. The number of aryl methyl sites for hydroxylation is 2. The maximum Gasteiger partial charge on any atom is 0.266 e. The molecule has 0 aliphatic carbocycles. The fourth-order valence-corrected chi connectivity index (χ4v) is 2.34. The summed E-state index contributed by atoms with van der Waals surface area (Å²) < 4.78 is 0.533. The van der Waals surface area contributed by atoms with Crippen LogP contribution in [0.1, 0.15) is 10.6 Å². The van der Waals surface area contributed by atoms with Crippen molar-refractivity contribution in [2.45, 2.75) is 13.8 Å². The van der Waals surface area contributed by atoms with Crippen molar-refractivity contribution in [1.29, 1.82) is 0 Å². The predicted molar refractivity (Wildman–Crippen MR) is 72.4 cm³/mol. The van der Waals surface area contributed by atoms with Gasteiger partial charge in [-0.3, -0.25) is 4.79 Å². The zero-order chi connectivity index (χ0) is 11.7. The largest absolute Gasteiger partial charge is 0.315 e. The maximum absolute atomic E-state index is 11.3. The van der Waals surface area contributed by atoms with E-state index in [0.29, 0.717) is 9.39 Å². The maximum atomic E-state index is 11.3. The molecular formula is C9H9IN4OS. The lowest BCUT2D eigenvalue weighted by Crippen LogP contribution is -2.12.